The Morgan fingerprint density at radius 3 is 2.65 bits per heavy atom. The number of nitrogens with one attached hydrogen (secondary N) is 1. The van der Waals surface area contributed by atoms with E-state index in [1.165, 1.54) is 0 Å². The highest BCUT2D eigenvalue weighted by molar-refractivity contribution is 5.81. The molecule has 0 atom stereocenters. The second-order valence-electron chi connectivity index (χ2n) is 4.98. The average Bonchev–Trinajstić information content (AvgIpc) is 2.98. The Bertz CT molecular complexity index is 744. The SMILES string of the molecule is COc1ccc(/C=N/Nc2oc(C(C)C)nc2C#N)cc1OC. The zero-order valence-corrected chi connectivity index (χ0v) is 13.5. The predicted molar refractivity (Wildman–Crippen MR) is 86.1 cm³/mol. The number of hydrazone groups is 1. The van der Waals surface area contributed by atoms with Crippen LogP contribution in [0, 0.1) is 11.3 Å². The second kappa shape index (κ2) is 7.31. The Balaban J connectivity index is 2.15. The Morgan fingerprint density at radius 2 is 2.04 bits per heavy atom. The summed E-state index contributed by atoms with van der Waals surface area (Å²) in [6, 6.07) is 7.38. The number of benzene rings is 1. The second-order valence-corrected chi connectivity index (χ2v) is 4.98. The first-order valence-corrected chi connectivity index (χ1v) is 7.01. The predicted octanol–water partition coefficient (Wildman–Crippen LogP) is 3.13. The van der Waals surface area contributed by atoms with Crippen molar-refractivity contribution in [2.45, 2.75) is 19.8 Å². The lowest BCUT2D eigenvalue weighted by atomic mass is 10.2. The minimum atomic E-state index is 0.0903. The van der Waals surface area contributed by atoms with Gasteiger partial charge in [-0.25, -0.2) is 10.4 Å². The van der Waals surface area contributed by atoms with Crippen molar-refractivity contribution in [1.29, 1.82) is 5.26 Å². The maximum atomic E-state index is 9.06. The Labute approximate surface area is 134 Å². The molecule has 1 aromatic carbocycles. The first kappa shape index (κ1) is 16.4. The summed E-state index contributed by atoms with van der Waals surface area (Å²) >= 11 is 0. The summed E-state index contributed by atoms with van der Waals surface area (Å²) < 4.78 is 15.9. The number of hydrogen-bond acceptors (Lipinski definition) is 7. The van der Waals surface area contributed by atoms with Gasteiger partial charge >= 0.3 is 0 Å². The van der Waals surface area contributed by atoms with Gasteiger partial charge in [0.05, 0.1) is 20.4 Å². The van der Waals surface area contributed by atoms with Crippen molar-refractivity contribution in [3.63, 3.8) is 0 Å². The lowest BCUT2D eigenvalue weighted by Gasteiger charge is -2.07. The summed E-state index contributed by atoms with van der Waals surface area (Å²) in [5, 5.41) is 13.1. The number of aromatic nitrogens is 1. The van der Waals surface area contributed by atoms with Crippen molar-refractivity contribution in [2.24, 2.45) is 5.10 Å². The third kappa shape index (κ3) is 3.80. The molecule has 2 rings (SSSR count). The quantitative estimate of drug-likeness (QED) is 0.650. The van der Waals surface area contributed by atoms with Crippen molar-refractivity contribution < 1.29 is 13.9 Å². The van der Waals surface area contributed by atoms with Gasteiger partial charge in [-0.2, -0.15) is 10.4 Å². The molecule has 7 nitrogen and oxygen atoms in total. The largest absolute Gasteiger partial charge is 0.493 e. The van der Waals surface area contributed by atoms with Gasteiger partial charge in [0.1, 0.15) is 6.07 Å². The highest BCUT2D eigenvalue weighted by Crippen LogP contribution is 2.27. The van der Waals surface area contributed by atoms with Crippen LogP contribution in [-0.2, 0) is 0 Å². The summed E-state index contributed by atoms with van der Waals surface area (Å²) in [5.74, 6) is 2.06. The van der Waals surface area contributed by atoms with E-state index in [4.69, 9.17) is 19.2 Å². The molecular weight excluding hydrogens is 296 g/mol. The van der Waals surface area contributed by atoms with Gasteiger partial charge in [-0.05, 0) is 23.8 Å². The molecule has 0 aliphatic carbocycles. The molecule has 2 aromatic rings. The number of nitriles is 1. The molecule has 0 aliphatic rings. The summed E-state index contributed by atoms with van der Waals surface area (Å²) in [6.07, 6.45) is 1.58. The zero-order valence-electron chi connectivity index (χ0n) is 13.5. The van der Waals surface area contributed by atoms with Crippen LogP contribution in [0.5, 0.6) is 11.5 Å². The molecule has 0 amide bonds. The molecule has 0 unspecified atom stereocenters. The van der Waals surface area contributed by atoms with Crippen LogP contribution in [0.2, 0.25) is 0 Å². The van der Waals surface area contributed by atoms with Gasteiger partial charge in [-0.1, -0.05) is 13.8 Å². The van der Waals surface area contributed by atoms with Crippen LogP contribution >= 0.6 is 0 Å². The minimum absolute atomic E-state index is 0.0903. The van der Waals surface area contributed by atoms with E-state index >= 15 is 0 Å². The van der Waals surface area contributed by atoms with Crippen molar-refractivity contribution in [2.75, 3.05) is 19.6 Å². The van der Waals surface area contributed by atoms with Gasteiger partial charge in [0.2, 0.25) is 11.6 Å². The van der Waals surface area contributed by atoms with Crippen LogP contribution in [0.25, 0.3) is 0 Å². The van der Waals surface area contributed by atoms with E-state index in [2.05, 4.69) is 15.5 Å². The lowest BCUT2D eigenvalue weighted by molar-refractivity contribution is 0.355. The molecule has 1 aromatic heterocycles. The van der Waals surface area contributed by atoms with E-state index in [9.17, 15) is 0 Å². The fourth-order valence-corrected chi connectivity index (χ4v) is 1.83. The zero-order chi connectivity index (χ0) is 16.8. The van der Waals surface area contributed by atoms with E-state index in [0.717, 1.165) is 5.56 Å². The van der Waals surface area contributed by atoms with Gasteiger partial charge in [-0.3, -0.25) is 0 Å². The molecule has 0 fully saturated rings. The van der Waals surface area contributed by atoms with Crippen molar-refractivity contribution in [3.8, 4) is 17.6 Å². The molecule has 0 spiro atoms. The normalized spacial score (nSPS) is 10.8. The third-order valence-corrected chi connectivity index (χ3v) is 3.03. The van der Waals surface area contributed by atoms with Crippen molar-refractivity contribution >= 4 is 12.1 Å². The topological polar surface area (TPSA) is 92.7 Å². The van der Waals surface area contributed by atoms with Crippen LogP contribution in [-0.4, -0.2) is 25.4 Å². The van der Waals surface area contributed by atoms with Crippen LogP contribution in [0.15, 0.2) is 27.7 Å². The van der Waals surface area contributed by atoms with Gasteiger partial charge in [0, 0.05) is 5.92 Å². The molecule has 1 N–H and O–H groups in total. The Morgan fingerprint density at radius 1 is 1.30 bits per heavy atom. The number of rotatable bonds is 6. The monoisotopic (exact) mass is 314 g/mol. The summed E-state index contributed by atoms with van der Waals surface area (Å²) in [5.41, 5.74) is 3.68. The Kier molecular flexibility index (Phi) is 5.20. The highest BCUT2D eigenvalue weighted by atomic mass is 16.5. The molecule has 0 bridgehead atoms. The van der Waals surface area contributed by atoms with Crippen molar-refractivity contribution in [3.05, 3.63) is 35.3 Å². The van der Waals surface area contributed by atoms with E-state index in [1.807, 2.05) is 26.0 Å². The molecule has 0 radical (unpaired) electrons. The first-order chi connectivity index (χ1) is 11.1. The molecule has 0 saturated heterocycles. The Hall–Kier alpha value is -3.01. The van der Waals surface area contributed by atoms with Crippen LogP contribution < -0.4 is 14.9 Å². The fraction of sp³-hybridized carbons (Fsp3) is 0.312. The number of methoxy groups -OCH3 is 2. The van der Waals surface area contributed by atoms with Gasteiger partial charge in [0.25, 0.3) is 5.88 Å². The molecule has 7 heteroatoms. The maximum Gasteiger partial charge on any atom is 0.252 e. The van der Waals surface area contributed by atoms with E-state index in [-0.39, 0.29) is 17.5 Å². The molecule has 0 aliphatic heterocycles. The van der Waals surface area contributed by atoms with Gasteiger partial charge < -0.3 is 13.9 Å². The van der Waals surface area contributed by atoms with Crippen LogP contribution in [0.4, 0.5) is 5.88 Å². The number of nitrogens with zero attached hydrogens (tertiary/aromatic N) is 3. The summed E-state index contributed by atoms with van der Waals surface area (Å²) in [6.45, 7) is 3.87. The van der Waals surface area contributed by atoms with Crippen LogP contribution in [0.1, 0.15) is 36.9 Å². The molecule has 0 saturated carbocycles. The van der Waals surface area contributed by atoms with Gasteiger partial charge in [-0.15, -0.1) is 0 Å². The minimum Gasteiger partial charge on any atom is -0.493 e. The van der Waals surface area contributed by atoms with Crippen molar-refractivity contribution in [1.82, 2.24) is 4.98 Å². The number of hydrogen-bond donors (Lipinski definition) is 1. The summed E-state index contributed by atoms with van der Waals surface area (Å²) in [4.78, 5) is 4.10. The number of ether oxygens (including phenoxy) is 2. The third-order valence-electron chi connectivity index (χ3n) is 3.03. The lowest BCUT2D eigenvalue weighted by Crippen LogP contribution is -1.94. The average molecular weight is 314 g/mol. The number of oxazole rings is 1. The molecule has 23 heavy (non-hydrogen) atoms. The maximum absolute atomic E-state index is 9.06. The highest BCUT2D eigenvalue weighted by Gasteiger charge is 2.14. The summed E-state index contributed by atoms with van der Waals surface area (Å²) in [7, 11) is 3.14. The smallest absolute Gasteiger partial charge is 0.252 e. The van der Waals surface area contributed by atoms with E-state index in [1.54, 1.807) is 32.6 Å². The molecular formula is C16H18N4O3. The first-order valence-electron chi connectivity index (χ1n) is 7.01. The number of anilines is 1. The van der Waals surface area contributed by atoms with E-state index in [0.29, 0.717) is 17.4 Å². The van der Waals surface area contributed by atoms with Crippen LogP contribution in [0.3, 0.4) is 0 Å². The molecule has 1 heterocycles. The fourth-order valence-electron chi connectivity index (χ4n) is 1.83. The molecule has 120 valence electrons. The van der Waals surface area contributed by atoms with E-state index < -0.39 is 0 Å². The standard InChI is InChI=1S/C16H18N4O3/c1-10(2)15-19-12(8-17)16(23-15)20-18-9-11-5-6-13(21-3)14(7-11)22-4/h5-7,9-10,20H,1-4H3/b18-9+. The van der Waals surface area contributed by atoms with Gasteiger partial charge in [0.15, 0.2) is 11.5 Å².